The molecule has 0 aromatic heterocycles. The van der Waals surface area contributed by atoms with E-state index in [1.807, 2.05) is 24.3 Å². The molecule has 3 heteroatoms. The van der Waals surface area contributed by atoms with Crippen LogP contribution in [0.1, 0.15) is 38.9 Å². The summed E-state index contributed by atoms with van der Waals surface area (Å²) >= 11 is 0. The Balaban J connectivity index is 1.17. The third-order valence-corrected chi connectivity index (χ3v) is 9.30. The number of aromatic hydroxyl groups is 2. The Kier molecular flexibility index (Phi) is 10.4. The highest BCUT2D eigenvalue weighted by Gasteiger charge is 2.14. The first-order chi connectivity index (χ1) is 25.1. The highest BCUT2D eigenvalue weighted by Crippen LogP contribution is 2.36. The quantitative estimate of drug-likeness (QED) is 0.128. The molecule has 51 heavy (non-hydrogen) atoms. The van der Waals surface area contributed by atoms with Crippen molar-refractivity contribution in [2.75, 3.05) is 4.90 Å². The average Bonchev–Trinajstić information content (AvgIpc) is 3.19. The number of aryl methyl sites for hydroxylation is 4. The first kappa shape index (κ1) is 33.2. The van der Waals surface area contributed by atoms with E-state index in [1.54, 1.807) is 24.3 Å². The molecule has 250 valence electrons. The first-order valence-electron chi connectivity index (χ1n) is 17.5. The maximum atomic E-state index is 9.64. The molecule has 0 fully saturated rings. The van der Waals surface area contributed by atoms with E-state index < -0.39 is 0 Å². The second kappa shape index (κ2) is 15.9. The summed E-state index contributed by atoms with van der Waals surface area (Å²) < 4.78 is 0. The minimum absolute atomic E-state index is 0.297. The molecular formula is C48H41NO2. The Morgan fingerprint density at radius 1 is 0.373 bits per heavy atom. The monoisotopic (exact) mass is 663 g/mol. The van der Waals surface area contributed by atoms with Crippen molar-refractivity contribution in [2.45, 2.75) is 25.7 Å². The normalized spacial score (nSPS) is 10.8. The van der Waals surface area contributed by atoms with Crippen molar-refractivity contribution < 1.29 is 10.2 Å². The molecule has 0 aliphatic heterocycles. The van der Waals surface area contributed by atoms with E-state index in [4.69, 9.17) is 0 Å². The van der Waals surface area contributed by atoms with E-state index in [2.05, 4.69) is 144 Å². The van der Waals surface area contributed by atoms with Gasteiger partial charge in [-0.1, -0.05) is 121 Å². The number of phenols is 2. The summed E-state index contributed by atoms with van der Waals surface area (Å²) in [5.41, 5.74) is 12.9. The third kappa shape index (κ3) is 8.65. The van der Waals surface area contributed by atoms with Gasteiger partial charge in [0, 0.05) is 17.1 Å². The van der Waals surface area contributed by atoms with Crippen molar-refractivity contribution in [1.29, 1.82) is 0 Å². The first-order valence-corrected chi connectivity index (χ1v) is 17.5. The Labute approximate surface area is 301 Å². The zero-order chi connectivity index (χ0) is 34.8. The van der Waals surface area contributed by atoms with Crippen molar-refractivity contribution in [3.8, 4) is 11.5 Å². The van der Waals surface area contributed by atoms with Crippen molar-refractivity contribution in [3.63, 3.8) is 0 Å². The predicted octanol–water partition coefficient (Wildman–Crippen LogP) is 11.7. The topological polar surface area (TPSA) is 43.7 Å². The maximum absolute atomic E-state index is 9.64. The minimum Gasteiger partial charge on any atom is -0.508 e. The number of phenolic OH excluding ortho intramolecular Hbond substituents is 2. The van der Waals surface area contributed by atoms with Crippen LogP contribution in [-0.4, -0.2) is 10.2 Å². The van der Waals surface area contributed by atoms with Crippen LogP contribution in [0.25, 0.3) is 11.6 Å². The van der Waals surface area contributed by atoms with Crippen LogP contribution in [0.4, 0.5) is 17.1 Å². The lowest BCUT2D eigenvalue weighted by atomic mass is 9.95. The molecule has 0 atom stereocenters. The van der Waals surface area contributed by atoms with Crippen molar-refractivity contribution >= 4 is 28.7 Å². The zero-order valence-corrected chi connectivity index (χ0v) is 28.6. The second-order valence-corrected chi connectivity index (χ2v) is 12.9. The molecule has 3 nitrogen and oxygen atoms in total. The predicted molar refractivity (Wildman–Crippen MR) is 212 cm³/mol. The number of hydrogen-bond acceptors (Lipinski definition) is 3. The van der Waals surface area contributed by atoms with Crippen LogP contribution in [-0.2, 0) is 25.7 Å². The summed E-state index contributed by atoms with van der Waals surface area (Å²) in [6.45, 7) is 0. The van der Waals surface area contributed by atoms with Gasteiger partial charge in [-0.3, -0.25) is 0 Å². The van der Waals surface area contributed by atoms with Crippen molar-refractivity contribution in [1.82, 2.24) is 0 Å². The minimum atomic E-state index is 0.297. The fraction of sp³-hybridized carbons (Fsp3) is 0.0833. The summed E-state index contributed by atoms with van der Waals surface area (Å²) in [5.74, 6) is 0.593. The van der Waals surface area contributed by atoms with Gasteiger partial charge in [0.1, 0.15) is 11.5 Å². The van der Waals surface area contributed by atoms with E-state index in [0.29, 0.717) is 11.5 Å². The third-order valence-electron chi connectivity index (χ3n) is 9.30. The van der Waals surface area contributed by atoms with Crippen LogP contribution in [0.5, 0.6) is 11.5 Å². The highest BCUT2D eigenvalue weighted by atomic mass is 16.3. The molecule has 0 amide bonds. The smallest absolute Gasteiger partial charge is 0.115 e. The fourth-order valence-electron chi connectivity index (χ4n) is 6.43. The van der Waals surface area contributed by atoms with Gasteiger partial charge in [0.05, 0.1) is 0 Å². The van der Waals surface area contributed by atoms with Gasteiger partial charge in [0.2, 0.25) is 0 Å². The molecule has 7 rings (SSSR count). The molecule has 0 bridgehead atoms. The highest BCUT2D eigenvalue weighted by molar-refractivity contribution is 5.91. The average molecular weight is 664 g/mol. The number of anilines is 3. The van der Waals surface area contributed by atoms with Gasteiger partial charge in [-0.05, 0) is 137 Å². The van der Waals surface area contributed by atoms with E-state index in [0.717, 1.165) is 48.3 Å². The molecule has 0 radical (unpaired) electrons. The summed E-state index contributed by atoms with van der Waals surface area (Å²) in [7, 11) is 0. The molecule has 0 aliphatic carbocycles. The molecular weight excluding hydrogens is 623 g/mol. The van der Waals surface area contributed by atoms with E-state index >= 15 is 0 Å². The molecule has 0 saturated carbocycles. The van der Waals surface area contributed by atoms with Gasteiger partial charge < -0.3 is 15.1 Å². The van der Waals surface area contributed by atoms with Crippen molar-refractivity contribution in [2.24, 2.45) is 0 Å². The van der Waals surface area contributed by atoms with Gasteiger partial charge in [0.15, 0.2) is 0 Å². The van der Waals surface area contributed by atoms with Crippen molar-refractivity contribution in [3.05, 3.63) is 221 Å². The number of benzene rings is 7. The van der Waals surface area contributed by atoms with Gasteiger partial charge in [-0.15, -0.1) is 0 Å². The van der Waals surface area contributed by atoms with Crippen LogP contribution in [0.2, 0.25) is 0 Å². The molecule has 7 aromatic carbocycles. The molecule has 0 saturated heterocycles. The van der Waals surface area contributed by atoms with E-state index in [1.165, 1.54) is 39.0 Å². The maximum Gasteiger partial charge on any atom is 0.115 e. The van der Waals surface area contributed by atoms with Gasteiger partial charge >= 0.3 is 0 Å². The Bertz CT molecular complexity index is 2020. The number of nitrogens with zero attached hydrogens (tertiary/aromatic N) is 1. The van der Waals surface area contributed by atoms with Gasteiger partial charge in [-0.2, -0.15) is 0 Å². The molecule has 0 aliphatic rings. The van der Waals surface area contributed by atoms with Crippen LogP contribution >= 0.6 is 0 Å². The van der Waals surface area contributed by atoms with Crippen LogP contribution < -0.4 is 4.90 Å². The van der Waals surface area contributed by atoms with Crippen LogP contribution in [0.15, 0.2) is 182 Å². The zero-order valence-electron chi connectivity index (χ0n) is 28.6. The largest absolute Gasteiger partial charge is 0.508 e. The van der Waals surface area contributed by atoms with E-state index in [9.17, 15) is 10.2 Å². The fourth-order valence-corrected chi connectivity index (χ4v) is 6.43. The Morgan fingerprint density at radius 3 is 1.04 bits per heavy atom. The molecule has 0 unspecified atom stereocenters. The summed E-state index contributed by atoms with van der Waals surface area (Å²) in [5, 5.41) is 19.3. The van der Waals surface area contributed by atoms with Gasteiger partial charge in [-0.25, -0.2) is 0 Å². The number of rotatable bonds is 12. The summed E-state index contributed by atoms with van der Waals surface area (Å²) in [4.78, 5) is 2.32. The standard InChI is InChI=1S/C48H41NO2/c50-46-31-21-38(22-32-46)13-11-36-15-25-43(26-16-36)49(44-27-17-37(18-28-44)12-14-39-23-33-47(51)34-24-39)45-29-19-40(20-30-45)35-48(41-7-3-1-4-8-41)42-9-5-2-6-10-42/h1-10,15-35,50-51H,11-14H2. The lowest BCUT2D eigenvalue weighted by molar-refractivity contribution is 0.474. The van der Waals surface area contributed by atoms with Crippen LogP contribution in [0.3, 0.4) is 0 Å². The Morgan fingerprint density at radius 2 is 0.686 bits per heavy atom. The summed E-state index contributed by atoms with van der Waals surface area (Å²) in [6.07, 6.45) is 5.94. The molecule has 7 aromatic rings. The lowest BCUT2D eigenvalue weighted by Gasteiger charge is -2.26. The summed E-state index contributed by atoms with van der Waals surface area (Å²) in [6, 6.07) is 62.6. The molecule has 0 heterocycles. The SMILES string of the molecule is Oc1ccc(CCc2ccc(N(c3ccc(C=C(c4ccccc4)c4ccccc4)cc3)c3ccc(CCc4ccc(O)cc4)cc3)cc2)cc1. The van der Waals surface area contributed by atoms with Crippen LogP contribution in [0, 0.1) is 0 Å². The molecule has 0 spiro atoms. The number of hydrogen-bond donors (Lipinski definition) is 2. The van der Waals surface area contributed by atoms with E-state index in [-0.39, 0.29) is 0 Å². The lowest BCUT2D eigenvalue weighted by Crippen LogP contribution is -2.10. The van der Waals surface area contributed by atoms with Gasteiger partial charge in [0.25, 0.3) is 0 Å². The molecule has 2 N–H and O–H groups in total. The Hall–Kier alpha value is -6.32. The second-order valence-electron chi connectivity index (χ2n) is 12.9.